The predicted octanol–water partition coefficient (Wildman–Crippen LogP) is 0.930. The molecule has 2 rings (SSSR count). The topological polar surface area (TPSA) is 41.1 Å². The fourth-order valence-electron chi connectivity index (χ4n) is 1.53. The van der Waals surface area contributed by atoms with Crippen LogP contribution in [0.5, 0.6) is 0 Å². The number of halogens is 1. The SMILES string of the molecule is Clc1ccnc(N2CCCNCC2)n1. The molecule has 1 N–H and O–H groups in total. The van der Waals surface area contributed by atoms with Gasteiger partial charge < -0.3 is 10.2 Å². The molecule has 0 amide bonds. The van der Waals surface area contributed by atoms with E-state index < -0.39 is 0 Å². The van der Waals surface area contributed by atoms with Crippen LogP contribution in [0.15, 0.2) is 12.3 Å². The molecule has 1 aromatic rings. The minimum absolute atomic E-state index is 0.507. The van der Waals surface area contributed by atoms with Crippen molar-refractivity contribution in [2.45, 2.75) is 6.42 Å². The summed E-state index contributed by atoms with van der Waals surface area (Å²) in [4.78, 5) is 10.6. The Bertz CT molecular complexity index is 297. The highest BCUT2D eigenvalue weighted by Crippen LogP contribution is 2.11. The van der Waals surface area contributed by atoms with E-state index in [1.54, 1.807) is 12.3 Å². The third-order valence-corrected chi connectivity index (χ3v) is 2.44. The van der Waals surface area contributed by atoms with Gasteiger partial charge in [-0.25, -0.2) is 9.97 Å². The normalized spacial score (nSPS) is 17.9. The summed E-state index contributed by atoms with van der Waals surface area (Å²) in [5, 5.41) is 3.84. The molecule has 0 spiro atoms. The van der Waals surface area contributed by atoms with Crippen LogP contribution in [0.2, 0.25) is 5.15 Å². The molecule has 1 aliphatic rings. The molecular formula is C9H13ClN4. The van der Waals surface area contributed by atoms with Crippen LogP contribution in [-0.4, -0.2) is 36.1 Å². The number of nitrogens with one attached hydrogen (secondary N) is 1. The van der Waals surface area contributed by atoms with Gasteiger partial charge in [-0.15, -0.1) is 0 Å². The maximum absolute atomic E-state index is 5.81. The minimum atomic E-state index is 0.507. The van der Waals surface area contributed by atoms with Crippen LogP contribution in [0, 0.1) is 0 Å². The largest absolute Gasteiger partial charge is 0.339 e. The van der Waals surface area contributed by atoms with Gasteiger partial charge in [-0.2, -0.15) is 0 Å². The second-order valence-electron chi connectivity index (χ2n) is 3.27. The molecule has 4 nitrogen and oxygen atoms in total. The minimum Gasteiger partial charge on any atom is -0.339 e. The van der Waals surface area contributed by atoms with E-state index in [-0.39, 0.29) is 0 Å². The lowest BCUT2D eigenvalue weighted by molar-refractivity contribution is 0.724. The summed E-state index contributed by atoms with van der Waals surface area (Å²) < 4.78 is 0. The van der Waals surface area contributed by atoms with E-state index in [0.717, 1.165) is 38.5 Å². The first kappa shape index (κ1) is 9.68. The second-order valence-corrected chi connectivity index (χ2v) is 3.66. The molecular weight excluding hydrogens is 200 g/mol. The molecule has 0 radical (unpaired) electrons. The van der Waals surface area contributed by atoms with Crippen LogP contribution in [-0.2, 0) is 0 Å². The van der Waals surface area contributed by atoms with Crippen molar-refractivity contribution in [1.82, 2.24) is 15.3 Å². The van der Waals surface area contributed by atoms with Gasteiger partial charge in [0.2, 0.25) is 5.95 Å². The summed E-state index contributed by atoms with van der Waals surface area (Å²) in [6.07, 6.45) is 2.82. The second kappa shape index (κ2) is 4.57. The summed E-state index contributed by atoms with van der Waals surface area (Å²) in [6, 6.07) is 1.70. The van der Waals surface area contributed by atoms with E-state index in [1.165, 1.54) is 0 Å². The summed E-state index contributed by atoms with van der Waals surface area (Å²) in [5.74, 6) is 0.737. The molecule has 14 heavy (non-hydrogen) atoms. The Hall–Kier alpha value is -0.870. The van der Waals surface area contributed by atoms with Gasteiger partial charge in [-0.1, -0.05) is 11.6 Å². The van der Waals surface area contributed by atoms with Crippen molar-refractivity contribution in [2.24, 2.45) is 0 Å². The smallest absolute Gasteiger partial charge is 0.226 e. The summed E-state index contributed by atoms with van der Waals surface area (Å²) in [6.45, 7) is 3.99. The molecule has 1 aromatic heterocycles. The number of nitrogens with zero attached hydrogens (tertiary/aromatic N) is 3. The van der Waals surface area contributed by atoms with E-state index in [0.29, 0.717) is 5.15 Å². The zero-order chi connectivity index (χ0) is 9.80. The Balaban J connectivity index is 2.12. The van der Waals surface area contributed by atoms with Gasteiger partial charge in [-0.05, 0) is 19.0 Å². The fourth-order valence-corrected chi connectivity index (χ4v) is 1.66. The zero-order valence-electron chi connectivity index (χ0n) is 7.91. The Morgan fingerprint density at radius 2 is 2.29 bits per heavy atom. The highest BCUT2D eigenvalue weighted by molar-refractivity contribution is 6.29. The summed E-state index contributed by atoms with van der Waals surface area (Å²) in [5.41, 5.74) is 0. The van der Waals surface area contributed by atoms with Gasteiger partial charge >= 0.3 is 0 Å². The van der Waals surface area contributed by atoms with Crippen molar-refractivity contribution >= 4 is 17.5 Å². The van der Waals surface area contributed by atoms with E-state index in [1.807, 2.05) is 0 Å². The third-order valence-electron chi connectivity index (χ3n) is 2.23. The Morgan fingerprint density at radius 3 is 3.14 bits per heavy atom. The molecule has 1 aliphatic heterocycles. The number of rotatable bonds is 1. The van der Waals surface area contributed by atoms with Crippen molar-refractivity contribution in [3.8, 4) is 0 Å². The highest BCUT2D eigenvalue weighted by atomic mass is 35.5. The van der Waals surface area contributed by atoms with Crippen LogP contribution in [0.25, 0.3) is 0 Å². The Morgan fingerprint density at radius 1 is 1.36 bits per heavy atom. The maximum Gasteiger partial charge on any atom is 0.226 e. The van der Waals surface area contributed by atoms with E-state index in [2.05, 4.69) is 20.2 Å². The summed E-state index contributed by atoms with van der Waals surface area (Å²) >= 11 is 5.81. The first-order valence-corrected chi connectivity index (χ1v) is 5.18. The first-order valence-electron chi connectivity index (χ1n) is 4.80. The number of hydrogen-bond acceptors (Lipinski definition) is 4. The molecule has 0 unspecified atom stereocenters. The van der Waals surface area contributed by atoms with Crippen molar-refractivity contribution in [3.05, 3.63) is 17.4 Å². The molecule has 0 atom stereocenters. The number of anilines is 1. The Kier molecular flexibility index (Phi) is 3.16. The predicted molar refractivity (Wildman–Crippen MR) is 56.7 cm³/mol. The zero-order valence-corrected chi connectivity index (χ0v) is 8.67. The van der Waals surface area contributed by atoms with Crippen LogP contribution in [0.4, 0.5) is 5.95 Å². The van der Waals surface area contributed by atoms with E-state index >= 15 is 0 Å². The van der Waals surface area contributed by atoms with Gasteiger partial charge in [0, 0.05) is 25.8 Å². The van der Waals surface area contributed by atoms with Crippen LogP contribution in [0.3, 0.4) is 0 Å². The molecule has 0 saturated carbocycles. The fraction of sp³-hybridized carbons (Fsp3) is 0.556. The first-order chi connectivity index (χ1) is 6.86. The van der Waals surface area contributed by atoms with Crippen LogP contribution in [0.1, 0.15) is 6.42 Å². The highest BCUT2D eigenvalue weighted by Gasteiger charge is 2.11. The lowest BCUT2D eigenvalue weighted by Crippen LogP contribution is -2.29. The van der Waals surface area contributed by atoms with Gasteiger partial charge in [0.05, 0.1) is 0 Å². The molecule has 1 fully saturated rings. The standard InChI is InChI=1S/C9H13ClN4/c10-8-2-4-12-9(13-8)14-6-1-3-11-5-7-14/h2,4,11H,1,3,5-7H2. The molecule has 1 saturated heterocycles. The van der Waals surface area contributed by atoms with Crippen molar-refractivity contribution in [2.75, 3.05) is 31.1 Å². The molecule has 76 valence electrons. The van der Waals surface area contributed by atoms with Crippen LogP contribution >= 0.6 is 11.6 Å². The molecule has 0 bridgehead atoms. The monoisotopic (exact) mass is 212 g/mol. The molecule has 2 heterocycles. The molecule has 5 heteroatoms. The van der Waals surface area contributed by atoms with Gasteiger partial charge in [0.1, 0.15) is 5.15 Å². The van der Waals surface area contributed by atoms with Gasteiger partial charge in [0.15, 0.2) is 0 Å². The van der Waals surface area contributed by atoms with Gasteiger partial charge in [0.25, 0.3) is 0 Å². The average molecular weight is 213 g/mol. The quantitative estimate of drug-likeness (QED) is 0.704. The van der Waals surface area contributed by atoms with Crippen LogP contribution < -0.4 is 10.2 Å². The van der Waals surface area contributed by atoms with Crippen molar-refractivity contribution in [1.29, 1.82) is 0 Å². The van der Waals surface area contributed by atoms with E-state index in [9.17, 15) is 0 Å². The average Bonchev–Trinajstić information content (AvgIpc) is 2.45. The lowest BCUT2D eigenvalue weighted by atomic mass is 10.4. The molecule has 0 aliphatic carbocycles. The number of hydrogen-bond donors (Lipinski definition) is 1. The summed E-state index contributed by atoms with van der Waals surface area (Å²) in [7, 11) is 0. The lowest BCUT2D eigenvalue weighted by Gasteiger charge is -2.19. The van der Waals surface area contributed by atoms with E-state index in [4.69, 9.17) is 11.6 Å². The maximum atomic E-state index is 5.81. The molecule has 0 aromatic carbocycles. The van der Waals surface area contributed by atoms with Crippen molar-refractivity contribution < 1.29 is 0 Å². The van der Waals surface area contributed by atoms with Crippen molar-refractivity contribution in [3.63, 3.8) is 0 Å². The van der Waals surface area contributed by atoms with Gasteiger partial charge in [-0.3, -0.25) is 0 Å². The Labute approximate surface area is 88.3 Å². The number of aromatic nitrogens is 2. The third kappa shape index (κ3) is 2.33.